The lowest BCUT2D eigenvalue weighted by Gasteiger charge is -1.96. The molecule has 0 aliphatic carbocycles. The summed E-state index contributed by atoms with van der Waals surface area (Å²) in [6, 6.07) is 0. The Morgan fingerprint density at radius 3 is 2.62 bits per heavy atom. The molecular weight excluding hydrogens is 124 g/mol. The van der Waals surface area contributed by atoms with E-state index < -0.39 is 0 Å². The average molecular weight is 128 g/mol. The maximum atomic E-state index is 10.4. The van der Waals surface area contributed by atoms with Crippen LogP contribution in [0.25, 0.3) is 0 Å². The van der Waals surface area contributed by atoms with Gasteiger partial charge in [0.15, 0.2) is 0 Å². The second-order valence-electron chi connectivity index (χ2n) is 1.40. The van der Waals surface area contributed by atoms with Gasteiger partial charge in [0.05, 0.1) is 0 Å². The number of rotatable bonds is 0. The predicted octanol–water partition coefficient (Wildman–Crippen LogP) is 0.733. The molecule has 0 aromatic heterocycles. The number of carbonyl (C=O) groups excluding carboxylic acids is 2. The van der Waals surface area contributed by atoms with Gasteiger partial charge in [0.25, 0.3) is 5.12 Å². The van der Waals surface area contributed by atoms with Crippen molar-refractivity contribution in [2.75, 3.05) is 0 Å². The Balaban J connectivity index is 2.71. The van der Waals surface area contributed by atoms with E-state index in [1.807, 2.05) is 0 Å². The highest BCUT2D eigenvalue weighted by molar-refractivity contribution is 8.17. The summed E-state index contributed by atoms with van der Waals surface area (Å²) >= 11 is 0.957. The molecule has 0 amide bonds. The highest BCUT2D eigenvalue weighted by atomic mass is 32.2. The maximum absolute atomic E-state index is 10.4. The minimum absolute atomic E-state index is 0.284. The van der Waals surface area contributed by atoms with Crippen molar-refractivity contribution in [3.05, 3.63) is 11.5 Å². The van der Waals surface area contributed by atoms with Crippen LogP contribution >= 0.6 is 11.8 Å². The molecule has 0 saturated carbocycles. The number of ketones is 1. The third-order valence-corrected chi connectivity index (χ3v) is 1.57. The normalized spacial score (nSPS) is 19.5. The van der Waals surface area contributed by atoms with Crippen molar-refractivity contribution in [2.45, 2.75) is 6.42 Å². The molecule has 0 bridgehead atoms. The van der Waals surface area contributed by atoms with Crippen LogP contribution < -0.4 is 0 Å². The van der Waals surface area contributed by atoms with Gasteiger partial charge in [-0.3, -0.25) is 9.59 Å². The van der Waals surface area contributed by atoms with Gasteiger partial charge < -0.3 is 0 Å². The highest BCUT2D eigenvalue weighted by Gasteiger charge is 2.13. The molecule has 0 radical (unpaired) electrons. The molecule has 0 saturated heterocycles. The first-order valence-electron chi connectivity index (χ1n) is 2.19. The molecule has 0 aromatic rings. The Labute approximate surface area is 50.9 Å². The number of hydrogen-bond donors (Lipinski definition) is 0. The van der Waals surface area contributed by atoms with Crippen LogP contribution in [0.3, 0.4) is 0 Å². The fraction of sp³-hybridized carbons (Fsp3) is 0.200. The van der Waals surface area contributed by atoms with Crippen molar-refractivity contribution >= 4 is 22.7 Å². The number of hydrogen-bond acceptors (Lipinski definition) is 3. The van der Waals surface area contributed by atoms with Crippen molar-refractivity contribution in [3.8, 4) is 0 Å². The lowest BCUT2D eigenvalue weighted by molar-refractivity contribution is -0.131. The molecule has 42 valence electrons. The van der Waals surface area contributed by atoms with E-state index in [-0.39, 0.29) is 17.3 Å². The number of thioether (sulfide) groups is 1. The first-order valence-corrected chi connectivity index (χ1v) is 3.07. The first-order chi connectivity index (χ1) is 3.80. The third-order valence-electron chi connectivity index (χ3n) is 0.802. The van der Waals surface area contributed by atoms with Gasteiger partial charge in [-0.05, 0) is 5.41 Å². The molecule has 0 unspecified atom stereocenters. The second-order valence-corrected chi connectivity index (χ2v) is 2.28. The van der Waals surface area contributed by atoms with Crippen LogP contribution in [0.4, 0.5) is 0 Å². The van der Waals surface area contributed by atoms with Crippen molar-refractivity contribution in [3.63, 3.8) is 0 Å². The number of Topliss-reactive ketones (excluding diaryl/α,β-unsaturated/α-hetero) is 1. The summed E-state index contributed by atoms with van der Waals surface area (Å²) in [5, 5.41) is 1.30. The summed E-state index contributed by atoms with van der Waals surface area (Å²) in [5.41, 5.74) is 0. The summed E-state index contributed by atoms with van der Waals surface area (Å²) in [6.07, 6.45) is 1.97. The maximum Gasteiger partial charge on any atom is 0.259 e. The van der Waals surface area contributed by atoms with Gasteiger partial charge in [-0.15, -0.1) is 0 Å². The van der Waals surface area contributed by atoms with E-state index >= 15 is 0 Å². The van der Waals surface area contributed by atoms with E-state index in [0.717, 1.165) is 11.8 Å². The Hall–Kier alpha value is -0.570. The number of carbonyl (C=O) groups is 2. The molecule has 0 fully saturated rings. The van der Waals surface area contributed by atoms with Crippen molar-refractivity contribution in [1.82, 2.24) is 0 Å². The lowest BCUT2D eigenvalue weighted by Crippen LogP contribution is -2.09. The van der Waals surface area contributed by atoms with E-state index in [2.05, 4.69) is 0 Å². The summed E-state index contributed by atoms with van der Waals surface area (Å²) in [7, 11) is 0. The molecule has 0 spiro atoms. The quantitative estimate of drug-likeness (QED) is 0.451. The van der Waals surface area contributed by atoms with E-state index in [4.69, 9.17) is 0 Å². The zero-order chi connectivity index (χ0) is 5.98. The van der Waals surface area contributed by atoms with Crippen molar-refractivity contribution in [2.24, 2.45) is 0 Å². The Kier molecular flexibility index (Phi) is 1.48. The van der Waals surface area contributed by atoms with Gasteiger partial charge in [0.2, 0.25) is 5.78 Å². The number of allylic oxidation sites excluding steroid dienone is 1. The van der Waals surface area contributed by atoms with Gasteiger partial charge >= 0.3 is 0 Å². The first kappa shape index (κ1) is 5.56. The van der Waals surface area contributed by atoms with Crippen LogP contribution in [0.1, 0.15) is 6.42 Å². The lowest BCUT2D eigenvalue weighted by atomic mass is 10.3. The topological polar surface area (TPSA) is 34.1 Å². The molecule has 2 nitrogen and oxygen atoms in total. The molecule has 0 N–H and O–H groups in total. The van der Waals surface area contributed by atoms with Crippen LogP contribution in [0, 0.1) is 0 Å². The van der Waals surface area contributed by atoms with Crippen molar-refractivity contribution in [1.29, 1.82) is 0 Å². The van der Waals surface area contributed by atoms with Crippen LogP contribution in [-0.2, 0) is 9.59 Å². The molecule has 1 rings (SSSR count). The van der Waals surface area contributed by atoms with E-state index in [1.54, 1.807) is 11.5 Å². The molecule has 3 heteroatoms. The SMILES string of the molecule is O=C1CC=CSC1=O. The largest absolute Gasteiger partial charge is 0.290 e. The minimum atomic E-state index is -0.340. The van der Waals surface area contributed by atoms with Gasteiger partial charge in [-0.2, -0.15) is 0 Å². The van der Waals surface area contributed by atoms with E-state index in [0.29, 0.717) is 0 Å². The second kappa shape index (κ2) is 2.13. The fourth-order valence-electron chi connectivity index (χ4n) is 0.414. The van der Waals surface area contributed by atoms with Crippen LogP contribution in [-0.4, -0.2) is 10.9 Å². The Morgan fingerprint density at radius 2 is 2.25 bits per heavy atom. The van der Waals surface area contributed by atoms with Crippen molar-refractivity contribution < 1.29 is 9.59 Å². The molecule has 0 aromatic carbocycles. The minimum Gasteiger partial charge on any atom is -0.290 e. The molecular formula is C5H4O2S. The molecule has 1 heterocycles. The van der Waals surface area contributed by atoms with Gasteiger partial charge in [0.1, 0.15) is 0 Å². The van der Waals surface area contributed by atoms with E-state index in [9.17, 15) is 9.59 Å². The van der Waals surface area contributed by atoms with Crippen LogP contribution in [0.15, 0.2) is 11.5 Å². The monoisotopic (exact) mass is 128 g/mol. The van der Waals surface area contributed by atoms with Crippen LogP contribution in [0.5, 0.6) is 0 Å². The molecule has 8 heavy (non-hydrogen) atoms. The average Bonchev–Trinajstić information content (AvgIpc) is 1.77. The highest BCUT2D eigenvalue weighted by Crippen LogP contribution is 2.12. The molecule has 1 aliphatic heterocycles. The zero-order valence-corrected chi connectivity index (χ0v) is 4.90. The molecule has 0 atom stereocenters. The Morgan fingerprint density at radius 1 is 1.50 bits per heavy atom. The molecule has 1 aliphatic rings. The summed E-state index contributed by atoms with van der Waals surface area (Å²) in [6.45, 7) is 0. The summed E-state index contributed by atoms with van der Waals surface area (Å²) < 4.78 is 0. The van der Waals surface area contributed by atoms with Gasteiger partial charge in [-0.25, -0.2) is 0 Å². The van der Waals surface area contributed by atoms with Gasteiger partial charge in [-0.1, -0.05) is 17.8 Å². The van der Waals surface area contributed by atoms with Crippen LogP contribution in [0.2, 0.25) is 0 Å². The summed E-state index contributed by atoms with van der Waals surface area (Å²) in [4.78, 5) is 20.7. The third kappa shape index (κ3) is 0.980. The zero-order valence-electron chi connectivity index (χ0n) is 4.09. The van der Waals surface area contributed by atoms with Gasteiger partial charge in [0, 0.05) is 6.42 Å². The fourth-order valence-corrected chi connectivity index (χ4v) is 0.945. The van der Waals surface area contributed by atoms with E-state index in [1.165, 1.54) is 0 Å². The Bertz CT molecular complexity index is 142. The standard InChI is InChI=1S/C5H4O2S/c6-4-2-1-3-8-5(4)7/h1,3H,2H2. The predicted molar refractivity (Wildman–Crippen MR) is 31.4 cm³/mol. The smallest absolute Gasteiger partial charge is 0.259 e. The summed E-state index contributed by atoms with van der Waals surface area (Å²) in [5.74, 6) is -0.294.